The Labute approximate surface area is 201 Å². The fraction of sp³-hybridized carbons (Fsp3) is 0.500. The molecule has 2 aromatic rings. The number of ether oxygens (including phenoxy) is 5. The predicted molar refractivity (Wildman–Crippen MR) is 127 cm³/mol. The molecule has 0 aromatic heterocycles. The number of benzene rings is 2. The lowest BCUT2D eigenvalue weighted by Gasteiger charge is -2.43. The van der Waals surface area contributed by atoms with Gasteiger partial charge in [0, 0.05) is 30.2 Å². The van der Waals surface area contributed by atoms with Crippen molar-refractivity contribution >= 4 is 24.0 Å². The number of hydrogen-bond acceptors (Lipinski definition) is 6. The van der Waals surface area contributed by atoms with Gasteiger partial charge in [-0.25, -0.2) is 0 Å². The zero-order valence-corrected chi connectivity index (χ0v) is 20.3. The Morgan fingerprint density at radius 3 is 2.44 bits per heavy atom. The maximum absolute atomic E-state index is 6.43. The number of likely N-dealkylation sites (tertiary alicyclic amines) is 1. The zero-order chi connectivity index (χ0) is 21.8. The van der Waals surface area contributed by atoms with Crippen molar-refractivity contribution in [1.82, 2.24) is 4.90 Å². The van der Waals surface area contributed by atoms with Gasteiger partial charge in [0.25, 0.3) is 0 Å². The first-order valence-corrected chi connectivity index (χ1v) is 11.1. The SMILES string of the molecule is COc1cccc(OC)c1OCCN1CCC2(CC1)OCc1cc(Cl)ccc1OC2C.Cl. The van der Waals surface area contributed by atoms with Crippen LogP contribution in [0.15, 0.2) is 36.4 Å². The van der Waals surface area contributed by atoms with Gasteiger partial charge >= 0.3 is 0 Å². The van der Waals surface area contributed by atoms with E-state index in [4.69, 9.17) is 35.3 Å². The second kappa shape index (κ2) is 10.8. The van der Waals surface area contributed by atoms with Crippen molar-refractivity contribution in [2.45, 2.75) is 38.1 Å². The second-order valence-corrected chi connectivity index (χ2v) is 8.48. The van der Waals surface area contributed by atoms with Gasteiger partial charge in [-0.3, -0.25) is 4.90 Å². The minimum atomic E-state index is -0.283. The van der Waals surface area contributed by atoms with E-state index in [1.165, 1.54) is 0 Å². The van der Waals surface area contributed by atoms with Crippen molar-refractivity contribution in [3.8, 4) is 23.0 Å². The van der Waals surface area contributed by atoms with Crippen LogP contribution in [0.25, 0.3) is 0 Å². The van der Waals surface area contributed by atoms with Crippen LogP contribution in [0, 0.1) is 0 Å². The van der Waals surface area contributed by atoms with Gasteiger partial charge < -0.3 is 23.7 Å². The molecule has 2 aliphatic rings. The highest BCUT2D eigenvalue weighted by molar-refractivity contribution is 6.30. The summed E-state index contributed by atoms with van der Waals surface area (Å²) in [6, 6.07) is 11.4. The Hall–Kier alpha value is -1.86. The summed E-state index contributed by atoms with van der Waals surface area (Å²) in [5.41, 5.74) is 0.729. The van der Waals surface area contributed by atoms with Gasteiger partial charge in [-0.05, 0) is 50.1 Å². The third kappa shape index (κ3) is 5.20. The monoisotopic (exact) mass is 483 g/mol. The zero-order valence-electron chi connectivity index (χ0n) is 18.8. The summed E-state index contributed by atoms with van der Waals surface area (Å²) in [6.07, 6.45) is 1.80. The quantitative estimate of drug-likeness (QED) is 0.576. The topological polar surface area (TPSA) is 49.4 Å². The Balaban J connectivity index is 0.00000289. The predicted octanol–water partition coefficient (Wildman–Crippen LogP) is 4.99. The number of para-hydroxylation sites is 1. The van der Waals surface area contributed by atoms with Crippen molar-refractivity contribution in [3.63, 3.8) is 0 Å². The lowest BCUT2D eigenvalue weighted by Crippen LogP contribution is -2.53. The van der Waals surface area contributed by atoms with Crippen LogP contribution in [0.1, 0.15) is 25.3 Å². The molecule has 2 heterocycles. The number of hydrogen-bond donors (Lipinski definition) is 0. The summed E-state index contributed by atoms with van der Waals surface area (Å²) in [7, 11) is 3.27. The van der Waals surface area contributed by atoms with Crippen LogP contribution in [0.3, 0.4) is 0 Å². The summed E-state index contributed by atoms with van der Waals surface area (Å²) in [4.78, 5) is 2.40. The van der Waals surface area contributed by atoms with Gasteiger partial charge in [-0.1, -0.05) is 17.7 Å². The Morgan fingerprint density at radius 2 is 1.78 bits per heavy atom. The number of methoxy groups -OCH3 is 2. The van der Waals surface area contributed by atoms with E-state index in [1.807, 2.05) is 36.4 Å². The molecule has 4 rings (SSSR count). The summed E-state index contributed by atoms with van der Waals surface area (Å²) < 4.78 is 29.5. The molecular weight excluding hydrogens is 453 g/mol. The van der Waals surface area contributed by atoms with Crippen LogP contribution in [0.2, 0.25) is 5.02 Å². The average molecular weight is 484 g/mol. The van der Waals surface area contributed by atoms with Gasteiger partial charge in [-0.2, -0.15) is 0 Å². The number of nitrogens with zero attached hydrogens (tertiary/aromatic N) is 1. The van der Waals surface area contributed by atoms with Crippen LogP contribution < -0.4 is 18.9 Å². The smallest absolute Gasteiger partial charge is 0.203 e. The molecule has 8 heteroatoms. The van der Waals surface area contributed by atoms with Crippen molar-refractivity contribution in [3.05, 3.63) is 47.0 Å². The molecule has 0 radical (unpaired) electrons. The van der Waals surface area contributed by atoms with Gasteiger partial charge in [-0.15, -0.1) is 12.4 Å². The van der Waals surface area contributed by atoms with E-state index in [1.54, 1.807) is 14.2 Å². The first-order valence-electron chi connectivity index (χ1n) is 10.7. The molecule has 176 valence electrons. The van der Waals surface area contributed by atoms with E-state index < -0.39 is 0 Å². The Morgan fingerprint density at radius 1 is 1.09 bits per heavy atom. The lowest BCUT2D eigenvalue weighted by atomic mass is 9.86. The molecule has 1 atom stereocenters. The normalized spacial score (nSPS) is 19.8. The Kier molecular flexibility index (Phi) is 8.39. The minimum absolute atomic E-state index is 0. The van der Waals surface area contributed by atoms with E-state index >= 15 is 0 Å². The van der Waals surface area contributed by atoms with Gasteiger partial charge in [0.05, 0.1) is 20.8 Å². The van der Waals surface area contributed by atoms with Crippen LogP contribution in [0.4, 0.5) is 0 Å². The maximum atomic E-state index is 6.43. The fourth-order valence-electron chi connectivity index (χ4n) is 4.35. The molecule has 1 spiro atoms. The molecule has 2 aliphatic heterocycles. The fourth-order valence-corrected chi connectivity index (χ4v) is 4.55. The van der Waals surface area contributed by atoms with Gasteiger partial charge in [0.1, 0.15) is 24.1 Å². The number of halogens is 2. The van der Waals surface area contributed by atoms with E-state index in [2.05, 4.69) is 11.8 Å². The van der Waals surface area contributed by atoms with Gasteiger partial charge in [0.2, 0.25) is 5.75 Å². The van der Waals surface area contributed by atoms with E-state index in [0.29, 0.717) is 35.5 Å². The van der Waals surface area contributed by atoms with Crippen molar-refractivity contribution < 1.29 is 23.7 Å². The Bertz CT molecular complexity index is 880. The minimum Gasteiger partial charge on any atom is -0.493 e. The van der Waals surface area contributed by atoms with Crippen LogP contribution in [0.5, 0.6) is 23.0 Å². The van der Waals surface area contributed by atoms with E-state index in [9.17, 15) is 0 Å². The maximum Gasteiger partial charge on any atom is 0.203 e. The highest BCUT2D eigenvalue weighted by Crippen LogP contribution is 2.39. The highest BCUT2D eigenvalue weighted by Gasteiger charge is 2.43. The van der Waals surface area contributed by atoms with Gasteiger partial charge in [0.15, 0.2) is 11.5 Å². The molecule has 6 nitrogen and oxygen atoms in total. The van der Waals surface area contributed by atoms with Crippen molar-refractivity contribution in [2.75, 3.05) is 40.5 Å². The number of rotatable bonds is 6. The van der Waals surface area contributed by atoms with E-state index in [0.717, 1.165) is 43.8 Å². The molecule has 0 amide bonds. The molecule has 0 bridgehead atoms. The largest absolute Gasteiger partial charge is 0.493 e. The van der Waals surface area contributed by atoms with Crippen LogP contribution in [-0.2, 0) is 11.3 Å². The summed E-state index contributed by atoms with van der Waals surface area (Å²) >= 11 is 6.15. The van der Waals surface area contributed by atoms with Crippen molar-refractivity contribution in [2.24, 2.45) is 0 Å². The third-order valence-corrected chi connectivity index (χ3v) is 6.56. The summed E-state index contributed by atoms with van der Waals surface area (Å²) in [6.45, 7) is 5.87. The summed E-state index contributed by atoms with van der Waals surface area (Å²) in [5, 5.41) is 0.705. The second-order valence-electron chi connectivity index (χ2n) is 8.05. The lowest BCUT2D eigenvalue weighted by molar-refractivity contribution is -0.136. The highest BCUT2D eigenvalue weighted by atomic mass is 35.5. The number of fused-ring (bicyclic) bond motifs is 1. The molecule has 32 heavy (non-hydrogen) atoms. The van der Waals surface area contributed by atoms with Crippen LogP contribution in [-0.4, -0.2) is 57.1 Å². The molecular formula is C24H31Cl2NO5. The first-order chi connectivity index (χ1) is 15.0. The summed E-state index contributed by atoms with van der Waals surface area (Å²) in [5.74, 6) is 2.87. The average Bonchev–Trinajstić information content (AvgIpc) is 2.92. The third-order valence-electron chi connectivity index (χ3n) is 6.32. The van der Waals surface area contributed by atoms with Crippen molar-refractivity contribution in [1.29, 1.82) is 0 Å². The molecule has 1 saturated heterocycles. The molecule has 0 aliphatic carbocycles. The standard InChI is InChI=1S/C24H30ClNO5.ClH/c1-17-24(30-16-18-15-19(25)7-8-20(18)31-17)9-11-26(12-10-24)13-14-29-23-21(27-2)5-4-6-22(23)28-3;/h4-8,15,17H,9-14,16H2,1-3H3;1H. The van der Waals surface area contributed by atoms with Crippen LogP contribution >= 0.6 is 24.0 Å². The molecule has 2 aromatic carbocycles. The molecule has 0 N–H and O–H groups in total. The number of piperidine rings is 1. The van der Waals surface area contributed by atoms with E-state index in [-0.39, 0.29) is 24.1 Å². The first kappa shape index (κ1) is 24.8. The molecule has 0 saturated carbocycles. The molecule has 1 fully saturated rings. The molecule has 1 unspecified atom stereocenters.